The summed E-state index contributed by atoms with van der Waals surface area (Å²) in [6.07, 6.45) is 1.43. The van der Waals surface area contributed by atoms with E-state index in [9.17, 15) is 9.59 Å². The first-order valence-corrected chi connectivity index (χ1v) is 7.22. The molecular weight excluding hydrogens is 310 g/mol. The molecule has 2 heterocycles. The maximum atomic E-state index is 12.4. The number of aryl methyl sites for hydroxylation is 1. The van der Waals surface area contributed by atoms with E-state index in [2.05, 4.69) is 21.0 Å². The SMILES string of the molecule is CC(=O)N1CCC(C(=O)n2nc(C)c(Br)c2C)CC1. The van der Waals surface area contributed by atoms with Crippen LogP contribution >= 0.6 is 15.9 Å². The molecule has 0 spiro atoms. The first-order valence-electron chi connectivity index (χ1n) is 6.43. The van der Waals surface area contributed by atoms with Crippen molar-refractivity contribution in [2.45, 2.75) is 33.6 Å². The van der Waals surface area contributed by atoms with E-state index in [1.807, 2.05) is 13.8 Å². The molecule has 1 fully saturated rings. The van der Waals surface area contributed by atoms with Crippen molar-refractivity contribution in [2.24, 2.45) is 5.92 Å². The zero-order valence-corrected chi connectivity index (χ0v) is 13.0. The molecule has 1 aliphatic heterocycles. The summed E-state index contributed by atoms with van der Waals surface area (Å²) in [5, 5.41) is 4.28. The van der Waals surface area contributed by atoms with Gasteiger partial charge in [-0.15, -0.1) is 0 Å². The van der Waals surface area contributed by atoms with E-state index in [4.69, 9.17) is 0 Å². The molecule has 0 atom stereocenters. The Hall–Kier alpha value is -1.17. The second-order valence-electron chi connectivity index (χ2n) is 5.02. The van der Waals surface area contributed by atoms with E-state index in [-0.39, 0.29) is 17.7 Å². The summed E-state index contributed by atoms with van der Waals surface area (Å²) in [5.74, 6) is 0.0785. The zero-order chi connectivity index (χ0) is 14.2. The first-order chi connectivity index (χ1) is 8.91. The van der Waals surface area contributed by atoms with Gasteiger partial charge in [0.05, 0.1) is 15.9 Å². The standard InChI is InChI=1S/C13H18BrN3O2/c1-8-12(14)9(2)17(15-8)13(19)11-4-6-16(7-5-11)10(3)18/h11H,4-7H2,1-3H3. The average molecular weight is 328 g/mol. The molecule has 1 saturated heterocycles. The lowest BCUT2D eigenvalue weighted by Gasteiger charge is -2.30. The number of likely N-dealkylation sites (tertiary alicyclic amines) is 1. The number of carbonyl (C=O) groups is 2. The van der Waals surface area contributed by atoms with Crippen molar-refractivity contribution >= 4 is 27.7 Å². The van der Waals surface area contributed by atoms with Gasteiger partial charge in [-0.05, 0) is 42.6 Å². The van der Waals surface area contributed by atoms with Gasteiger partial charge in [-0.2, -0.15) is 5.10 Å². The minimum absolute atomic E-state index is 0.0366. The third kappa shape index (κ3) is 2.73. The quantitative estimate of drug-likeness (QED) is 0.794. The summed E-state index contributed by atoms with van der Waals surface area (Å²) in [7, 11) is 0. The Morgan fingerprint density at radius 3 is 2.26 bits per heavy atom. The molecule has 0 aromatic carbocycles. The van der Waals surface area contributed by atoms with Gasteiger partial charge in [0.25, 0.3) is 0 Å². The monoisotopic (exact) mass is 327 g/mol. The Bertz CT molecular complexity index is 516. The number of nitrogens with zero attached hydrogens (tertiary/aromatic N) is 3. The molecular formula is C13H18BrN3O2. The molecule has 0 N–H and O–H groups in total. The normalized spacial score (nSPS) is 16.7. The second kappa shape index (κ2) is 5.45. The fourth-order valence-electron chi connectivity index (χ4n) is 2.45. The van der Waals surface area contributed by atoms with Crippen molar-refractivity contribution in [2.75, 3.05) is 13.1 Å². The van der Waals surface area contributed by atoms with Crippen molar-refractivity contribution < 1.29 is 9.59 Å². The van der Waals surface area contributed by atoms with Crippen LogP contribution < -0.4 is 0 Å². The van der Waals surface area contributed by atoms with E-state index >= 15 is 0 Å². The number of piperidine rings is 1. The van der Waals surface area contributed by atoms with Crippen LogP contribution in [0.1, 0.15) is 35.9 Å². The van der Waals surface area contributed by atoms with Crippen LogP contribution in [0.4, 0.5) is 0 Å². The van der Waals surface area contributed by atoms with E-state index in [0.29, 0.717) is 25.9 Å². The summed E-state index contributed by atoms with van der Waals surface area (Å²) in [6, 6.07) is 0. The molecule has 1 aromatic rings. The smallest absolute Gasteiger partial charge is 0.250 e. The van der Waals surface area contributed by atoms with Crippen molar-refractivity contribution in [1.82, 2.24) is 14.7 Å². The van der Waals surface area contributed by atoms with Gasteiger partial charge in [-0.1, -0.05) is 0 Å². The van der Waals surface area contributed by atoms with Gasteiger partial charge in [0.1, 0.15) is 0 Å². The van der Waals surface area contributed by atoms with E-state index in [1.165, 1.54) is 4.68 Å². The topological polar surface area (TPSA) is 55.2 Å². The van der Waals surface area contributed by atoms with E-state index < -0.39 is 0 Å². The van der Waals surface area contributed by atoms with Crippen molar-refractivity contribution in [1.29, 1.82) is 0 Å². The van der Waals surface area contributed by atoms with Crippen LogP contribution in [0.5, 0.6) is 0 Å². The maximum absolute atomic E-state index is 12.4. The molecule has 0 bridgehead atoms. The molecule has 0 unspecified atom stereocenters. The lowest BCUT2D eigenvalue weighted by Crippen LogP contribution is -2.40. The Morgan fingerprint density at radius 1 is 1.26 bits per heavy atom. The summed E-state index contributed by atoms with van der Waals surface area (Å²) < 4.78 is 2.38. The predicted octanol–water partition coefficient (Wildman–Crippen LogP) is 2.16. The van der Waals surface area contributed by atoms with Gasteiger partial charge in [0, 0.05) is 25.9 Å². The molecule has 1 amide bonds. The van der Waals surface area contributed by atoms with E-state index in [1.54, 1.807) is 11.8 Å². The van der Waals surface area contributed by atoms with Crippen LogP contribution in [0.2, 0.25) is 0 Å². The number of halogens is 1. The largest absolute Gasteiger partial charge is 0.343 e. The van der Waals surface area contributed by atoms with Gasteiger partial charge in [-0.3, -0.25) is 9.59 Å². The summed E-state index contributed by atoms with van der Waals surface area (Å²) in [5.41, 5.74) is 1.67. The van der Waals surface area contributed by atoms with Crippen LogP contribution in [-0.2, 0) is 4.79 Å². The molecule has 1 aromatic heterocycles. The first kappa shape index (κ1) is 14.2. The third-order valence-corrected chi connectivity index (χ3v) is 4.85. The lowest BCUT2D eigenvalue weighted by molar-refractivity contribution is -0.130. The minimum Gasteiger partial charge on any atom is -0.343 e. The maximum Gasteiger partial charge on any atom is 0.250 e. The van der Waals surface area contributed by atoms with Gasteiger partial charge < -0.3 is 4.90 Å². The second-order valence-corrected chi connectivity index (χ2v) is 5.81. The lowest BCUT2D eigenvalue weighted by atomic mass is 9.96. The van der Waals surface area contributed by atoms with Gasteiger partial charge in [0.15, 0.2) is 0 Å². The Kier molecular flexibility index (Phi) is 4.08. The Morgan fingerprint density at radius 2 is 1.84 bits per heavy atom. The molecule has 104 valence electrons. The Balaban J connectivity index is 2.09. The third-order valence-electron chi connectivity index (χ3n) is 3.70. The predicted molar refractivity (Wildman–Crippen MR) is 75.0 cm³/mol. The van der Waals surface area contributed by atoms with Gasteiger partial charge >= 0.3 is 0 Å². The number of amides is 1. The molecule has 0 aliphatic carbocycles. The van der Waals surface area contributed by atoms with Crippen molar-refractivity contribution in [3.8, 4) is 0 Å². The number of rotatable bonds is 1. The molecule has 6 heteroatoms. The van der Waals surface area contributed by atoms with Crippen LogP contribution in [0.15, 0.2) is 4.47 Å². The van der Waals surface area contributed by atoms with Gasteiger partial charge in [-0.25, -0.2) is 4.68 Å². The molecule has 2 rings (SSSR count). The zero-order valence-electron chi connectivity index (χ0n) is 11.4. The molecule has 0 radical (unpaired) electrons. The fourth-order valence-corrected chi connectivity index (χ4v) is 2.70. The Labute approximate surface area is 121 Å². The van der Waals surface area contributed by atoms with Crippen LogP contribution in [-0.4, -0.2) is 39.6 Å². The minimum atomic E-state index is -0.0412. The summed E-state index contributed by atoms with van der Waals surface area (Å²) >= 11 is 3.43. The highest BCUT2D eigenvalue weighted by Crippen LogP contribution is 2.24. The van der Waals surface area contributed by atoms with Gasteiger partial charge in [0.2, 0.25) is 11.8 Å². The molecule has 0 saturated carbocycles. The molecule has 19 heavy (non-hydrogen) atoms. The average Bonchev–Trinajstić information content (AvgIpc) is 2.66. The number of hydrogen-bond donors (Lipinski definition) is 0. The molecule has 1 aliphatic rings. The van der Waals surface area contributed by atoms with Crippen molar-refractivity contribution in [3.05, 3.63) is 15.9 Å². The number of hydrogen-bond acceptors (Lipinski definition) is 3. The van der Waals surface area contributed by atoms with Crippen LogP contribution in [0.3, 0.4) is 0 Å². The number of carbonyl (C=O) groups excluding carboxylic acids is 2. The summed E-state index contributed by atoms with van der Waals surface area (Å²) in [6.45, 7) is 6.64. The highest BCUT2D eigenvalue weighted by molar-refractivity contribution is 9.10. The number of aromatic nitrogens is 2. The van der Waals surface area contributed by atoms with Crippen LogP contribution in [0, 0.1) is 19.8 Å². The van der Waals surface area contributed by atoms with Crippen LogP contribution in [0.25, 0.3) is 0 Å². The van der Waals surface area contributed by atoms with Crippen molar-refractivity contribution in [3.63, 3.8) is 0 Å². The highest BCUT2D eigenvalue weighted by Gasteiger charge is 2.28. The fraction of sp³-hybridized carbons (Fsp3) is 0.615. The molecule has 5 nitrogen and oxygen atoms in total. The van der Waals surface area contributed by atoms with E-state index in [0.717, 1.165) is 15.9 Å². The highest BCUT2D eigenvalue weighted by atomic mass is 79.9. The summed E-state index contributed by atoms with van der Waals surface area (Å²) in [4.78, 5) is 25.5.